The molecule has 21 heavy (non-hydrogen) atoms. The molecule has 2 N–H and O–H groups in total. The van der Waals surface area contributed by atoms with E-state index < -0.39 is 16.1 Å². The predicted octanol–water partition coefficient (Wildman–Crippen LogP) is 2.21. The smallest absolute Gasteiger partial charge is 0.307 e. The van der Waals surface area contributed by atoms with Crippen LogP contribution in [0.25, 0.3) is 0 Å². The van der Waals surface area contributed by atoms with E-state index in [2.05, 4.69) is 10.3 Å². The van der Waals surface area contributed by atoms with Gasteiger partial charge in [0, 0.05) is 17.6 Å². The fourth-order valence-electron chi connectivity index (χ4n) is 1.68. The Morgan fingerprint density at radius 2 is 1.76 bits per heavy atom. The molecular weight excluding hydrogens is 290 g/mol. The molecule has 0 fully saturated rings. The molecule has 2 amide bonds. The van der Waals surface area contributed by atoms with Crippen molar-refractivity contribution in [1.82, 2.24) is 9.71 Å². The summed E-state index contributed by atoms with van der Waals surface area (Å²) in [4.78, 5) is 15.8. The third kappa shape index (κ3) is 4.03. The van der Waals surface area contributed by atoms with Gasteiger partial charge in [-0.2, -0.15) is 0 Å². The molecule has 0 saturated heterocycles. The molecule has 0 aliphatic rings. The van der Waals surface area contributed by atoms with Crippen molar-refractivity contribution in [1.29, 1.82) is 0 Å². The maximum absolute atomic E-state index is 12.0. The summed E-state index contributed by atoms with van der Waals surface area (Å²) in [5, 5.41) is 2.45. The highest BCUT2D eigenvalue weighted by Gasteiger charge is 2.17. The molecule has 2 rings (SSSR count). The lowest BCUT2D eigenvalue weighted by Gasteiger charge is -2.09. The van der Waals surface area contributed by atoms with Crippen LogP contribution in [0.3, 0.4) is 0 Å². The van der Waals surface area contributed by atoms with Crippen LogP contribution in [0, 0.1) is 13.8 Å². The molecule has 0 saturated carbocycles. The Hall–Kier alpha value is -2.41. The molecule has 0 atom stereocenters. The molecule has 1 heterocycles. The molecule has 2 aromatic rings. The zero-order valence-corrected chi connectivity index (χ0v) is 12.4. The minimum Gasteiger partial charge on any atom is -0.307 e. The van der Waals surface area contributed by atoms with Crippen LogP contribution in [0.15, 0.2) is 47.5 Å². The second-order valence-corrected chi connectivity index (χ2v) is 6.24. The molecule has 1 aromatic heterocycles. The van der Waals surface area contributed by atoms with Gasteiger partial charge in [0.2, 0.25) is 0 Å². The largest absolute Gasteiger partial charge is 0.333 e. The van der Waals surface area contributed by atoms with Gasteiger partial charge in [0.15, 0.2) is 0 Å². The molecule has 0 spiro atoms. The molecule has 0 aliphatic heterocycles. The predicted molar refractivity (Wildman–Crippen MR) is 79.5 cm³/mol. The van der Waals surface area contributed by atoms with Crippen molar-refractivity contribution >= 4 is 21.7 Å². The number of sulfonamides is 1. The number of carbonyl (C=O) groups is 1. The highest BCUT2D eigenvalue weighted by atomic mass is 32.2. The lowest BCUT2D eigenvalue weighted by atomic mass is 10.2. The first-order valence-electron chi connectivity index (χ1n) is 6.20. The third-order valence-electron chi connectivity index (χ3n) is 2.71. The van der Waals surface area contributed by atoms with E-state index in [0.29, 0.717) is 11.4 Å². The molecular formula is C14H15N3O3S. The van der Waals surface area contributed by atoms with Crippen LogP contribution in [0.1, 0.15) is 11.3 Å². The highest BCUT2D eigenvalue weighted by molar-refractivity contribution is 7.90. The molecule has 0 aliphatic carbocycles. The van der Waals surface area contributed by atoms with Crippen LogP contribution < -0.4 is 10.0 Å². The zero-order valence-electron chi connectivity index (χ0n) is 11.6. The molecule has 0 unspecified atom stereocenters. The number of benzene rings is 1. The van der Waals surface area contributed by atoms with Gasteiger partial charge in [0.1, 0.15) is 0 Å². The van der Waals surface area contributed by atoms with Crippen LogP contribution >= 0.6 is 0 Å². The molecule has 0 radical (unpaired) electrons. The Bertz CT molecular complexity index is 755. The molecule has 7 heteroatoms. The Labute approximate surface area is 123 Å². The number of hydrogen-bond acceptors (Lipinski definition) is 4. The third-order valence-corrected chi connectivity index (χ3v) is 4.06. The van der Waals surface area contributed by atoms with E-state index in [-0.39, 0.29) is 4.90 Å². The molecule has 110 valence electrons. The number of anilines is 1. The molecule has 6 nitrogen and oxygen atoms in total. The van der Waals surface area contributed by atoms with E-state index in [0.717, 1.165) is 5.56 Å². The monoisotopic (exact) mass is 305 g/mol. The highest BCUT2D eigenvalue weighted by Crippen LogP contribution is 2.11. The second-order valence-electron chi connectivity index (χ2n) is 4.56. The van der Waals surface area contributed by atoms with Crippen LogP contribution in [-0.2, 0) is 10.0 Å². The van der Waals surface area contributed by atoms with E-state index in [1.54, 1.807) is 31.2 Å². The molecule has 1 aromatic carbocycles. The number of aryl methyl sites for hydroxylation is 2. The zero-order chi connectivity index (χ0) is 15.5. The summed E-state index contributed by atoms with van der Waals surface area (Å²) >= 11 is 0. The summed E-state index contributed by atoms with van der Waals surface area (Å²) in [5.74, 6) is 0. The van der Waals surface area contributed by atoms with Gasteiger partial charge in [-0.1, -0.05) is 17.7 Å². The van der Waals surface area contributed by atoms with E-state index in [1.807, 2.05) is 11.6 Å². The number of nitrogens with one attached hydrogen (secondary N) is 2. The van der Waals surface area contributed by atoms with Crippen molar-refractivity contribution < 1.29 is 13.2 Å². The summed E-state index contributed by atoms with van der Waals surface area (Å²) in [6.07, 6.45) is 1.53. The number of nitrogens with zero attached hydrogens (tertiary/aromatic N) is 1. The van der Waals surface area contributed by atoms with Gasteiger partial charge in [-0.3, -0.25) is 4.98 Å². The van der Waals surface area contributed by atoms with E-state index >= 15 is 0 Å². The van der Waals surface area contributed by atoms with Gasteiger partial charge in [-0.25, -0.2) is 17.9 Å². The van der Waals surface area contributed by atoms with Gasteiger partial charge < -0.3 is 5.32 Å². The van der Waals surface area contributed by atoms with E-state index in [1.165, 1.54) is 18.3 Å². The van der Waals surface area contributed by atoms with Crippen LogP contribution in [0.2, 0.25) is 0 Å². The van der Waals surface area contributed by atoms with Gasteiger partial charge >= 0.3 is 6.03 Å². The summed E-state index contributed by atoms with van der Waals surface area (Å²) < 4.78 is 26.0. The minimum absolute atomic E-state index is 0.0363. The standard InChI is InChI=1S/C14H15N3O3S/c1-10-3-5-13(6-4-10)21(19,20)17-14(18)16-12-7-8-15-11(2)9-12/h3-9H,1-2H3,(H2,15,16,17,18). The first-order valence-corrected chi connectivity index (χ1v) is 7.68. The number of amides is 2. The lowest BCUT2D eigenvalue weighted by molar-refractivity contribution is 0.256. The summed E-state index contributed by atoms with van der Waals surface area (Å²) in [7, 11) is -3.88. The maximum atomic E-state index is 12.0. The Balaban J connectivity index is 2.09. The number of hydrogen-bond donors (Lipinski definition) is 2. The summed E-state index contributed by atoms with van der Waals surface area (Å²) in [6, 6.07) is 8.62. The fourth-order valence-corrected chi connectivity index (χ4v) is 2.59. The van der Waals surface area contributed by atoms with Crippen molar-refractivity contribution in [3.8, 4) is 0 Å². The van der Waals surface area contributed by atoms with Crippen LogP contribution in [0.4, 0.5) is 10.5 Å². The van der Waals surface area contributed by atoms with E-state index in [4.69, 9.17) is 0 Å². The first kappa shape index (κ1) is 15.0. The Kier molecular flexibility index (Phi) is 4.23. The lowest BCUT2D eigenvalue weighted by Crippen LogP contribution is -2.34. The van der Waals surface area contributed by atoms with Gasteiger partial charge in [-0.05, 0) is 38.1 Å². The van der Waals surface area contributed by atoms with Gasteiger partial charge in [-0.15, -0.1) is 0 Å². The number of urea groups is 1. The van der Waals surface area contributed by atoms with Crippen molar-refractivity contribution in [2.45, 2.75) is 18.7 Å². The maximum Gasteiger partial charge on any atom is 0.333 e. The average Bonchev–Trinajstić information content (AvgIpc) is 2.38. The quantitative estimate of drug-likeness (QED) is 0.910. The summed E-state index contributed by atoms with van der Waals surface area (Å²) in [6.45, 7) is 3.62. The molecule has 0 bridgehead atoms. The van der Waals surface area contributed by atoms with Crippen LogP contribution in [0.5, 0.6) is 0 Å². The normalized spacial score (nSPS) is 11.0. The Morgan fingerprint density at radius 3 is 2.38 bits per heavy atom. The van der Waals surface area contributed by atoms with Crippen molar-refractivity contribution in [3.05, 3.63) is 53.9 Å². The number of rotatable bonds is 3. The van der Waals surface area contributed by atoms with Crippen LogP contribution in [-0.4, -0.2) is 19.4 Å². The van der Waals surface area contributed by atoms with Gasteiger partial charge in [0.25, 0.3) is 10.0 Å². The number of aromatic nitrogens is 1. The Morgan fingerprint density at radius 1 is 1.10 bits per heavy atom. The van der Waals surface area contributed by atoms with E-state index in [9.17, 15) is 13.2 Å². The SMILES string of the molecule is Cc1ccc(S(=O)(=O)NC(=O)Nc2ccnc(C)c2)cc1. The fraction of sp³-hybridized carbons (Fsp3) is 0.143. The average molecular weight is 305 g/mol. The van der Waals surface area contributed by atoms with Crippen molar-refractivity contribution in [2.24, 2.45) is 0 Å². The minimum atomic E-state index is -3.88. The van der Waals surface area contributed by atoms with Gasteiger partial charge in [0.05, 0.1) is 4.90 Å². The second kappa shape index (κ2) is 5.92. The number of pyridine rings is 1. The van der Waals surface area contributed by atoms with Crippen molar-refractivity contribution in [2.75, 3.05) is 5.32 Å². The number of carbonyl (C=O) groups excluding carboxylic acids is 1. The first-order chi connectivity index (χ1) is 9.87. The summed E-state index contributed by atoms with van der Waals surface area (Å²) in [5.41, 5.74) is 2.12. The topological polar surface area (TPSA) is 88.2 Å². The van der Waals surface area contributed by atoms with Crippen molar-refractivity contribution in [3.63, 3.8) is 0 Å².